The lowest BCUT2D eigenvalue weighted by Gasteiger charge is -2.19. The van der Waals surface area contributed by atoms with Gasteiger partial charge in [0.15, 0.2) is 11.5 Å². The summed E-state index contributed by atoms with van der Waals surface area (Å²) in [6.07, 6.45) is 4.11. The van der Waals surface area contributed by atoms with E-state index in [0.717, 1.165) is 17.5 Å². The molecule has 1 aromatic heterocycles. The molecule has 2 atom stereocenters. The van der Waals surface area contributed by atoms with Gasteiger partial charge in [-0.15, -0.1) is 0 Å². The van der Waals surface area contributed by atoms with Crippen molar-refractivity contribution in [3.63, 3.8) is 0 Å². The predicted molar refractivity (Wildman–Crippen MR) is 119 cm³/mol. The average molecular weight is 421 g/mol. The normalized spacial score (nSPS) is 13.0. The number of ether oxygens (including phenoxy) is 2. The maximum Gasteiger partial charge on any atom is 0.249 e. The van der Waals surface area contributed by atoms with Gasteiger partial charge in [0.25, 0.3) is 0 Å². The van der Waals surface area contributed by atoms with Crippen LogP contribution in [0.25, 0.3) is 17.5 Å². The van der Waals surface area contributed by atoms with Gasteiger partial charge in [0.05, 0.1) is 14.2 Å². The standard InChI is InChI=1S/C24H27N3O4/c1-5-16(2)22(25-21(28)14-11-17-9-7-6-8-10-17)24-26-23(27-31-24)18-12-13-19(29-3)20(15-18)30-4/h6-16,22H,5H2,1-4H3,(H,25,28)/b14-11+/t16-,22+/m1/s1. The van der Waals surface area contributed by atoms with Crippen molar-refractivity contribution in [3.05, 3.63) is 66.1 Å². The number of benzene rings is 2. The molecule has 0 aliphatic carbocycles. The Bertz CT molecular complexity index is 1030. The van der Waals surface area contributed by atoms with Gasteiger partial charge in [-0.05, 0) is 35.8 Å². The van der Waals surface area contributed by atoms with Crippen LogP contribution in [0.4, 0.5) is 0 Å². The van der Waals surface area contributed by atoms with Crippen LogP contribution in [0.2, 0.25) is 0 Å². The van der Waals surface area contributed by atoms with Crippen LogP contribution in [-0.4, -0.2) is 30.3 Å². The average Bonchev–Trinajstić information content (AvgIpc) is 3.30. The van der Waals surface area contributed by atoms with Crippen molar-refractivity contribution >= 4 is 12.0 Å². The molecule has 162 valence electrons. The molecule has 1 N–H and O–H groups in total. The quantitative estimate of drug-likeness (QED) is 0.505. The van der Waals surface area contributed by atoms with Gasteiger partial charge in [0, 0.05) is 11.6 Å². The molecule has 7 nitrogen and oxygen atoms in total. The Morgan fingerprint density at radius 2 is 1.87 bits per heavy atom. The molecule has 0 fully saturated rings. The summed E-state index contributed by atoms with van der Waals surface area (Å²) in [5, 5.41) is 7.10. The Kier molecular flexibility index (Phi) is 7.43. The number of aromatic nitrogens is 2. The van der Waals surface area contributed by atoms with Crippen LogP contribution in [0.15, 0.2) is 59.1 Å². The first-order chi connectivity index (χ1) is 15.0. The molecule has 0 unspecified atom stereocenters. The Balaban J connectivity index is 1.80. The topological polar surface area (TPSA) is 86.5 Å². The Morgan fingerprint density at radius 1 is 1.13 bits per heavy atom. The summed E-state index contributed by atoms with van der Waals surface area (Å²) in [4.78, 5) is 17.1. The lowest BCUT2D eigenvalue weighted by atomic mass is 9.99. The lowest BCUT2D eigenvalue weighted by Crippen LogP contribution is -2.31. The molecule has 31 heavy (non-hydrogen) atoms. The van der Waals surface area contributed by atoms with E-state index < -0.39 is 6.04 Å². The fourth-order valence-corrected chi connectivity index (χ4v) is 3.07. The van der Waals surface area contributed by atoms with E-state index in [4.69, 9.17) is 14.0 Å². The Hall–Kier alpha value is -3.61. The molecule has 0 aliphatic heterocycles. The van der Waals surface area contributed by atoms with Crippen LogP contribution in [0.3, 0.4) is 0 Å². The number of nitrogens with zero attached hydrogens (tertiary/aromatic N) is 2. The SMILES string of the molecule is CC[C@@H](C)[C@H](NC(=O)/C=C/c1ccccc1)c1nc(-c2ccc(OC)c(OC)c2)no1. The van der Waals surface area contributed by atoms with Crippen molar-refractivity contribution in [3.8, 4) is 22.9 Å². The minimum absolute atomic E-state index is 0.104. The van der Waals surface area contributed by atoms with Gasteiger partial charge in [-0.2, -0.15) is 4.98 Å². The first-order valence-corrected chi connectivity index (χ1v) is 10.1. The van der Waals surface area contributed by atoms with E-state index in [1.54, 1.807) is 32.4 Å². The van der Waals surface area contributed by atoms with Crippen LogP contribution in [0.1, 0.15) is 37.8 Å². The van der Waals surface area contributed by atoms with Crippen molar-refractivity contribution in [1.82, 2.24) is 15.5 Å². The smallest absolute Gasteiger partial charge is 0.249 e. The minimum atomic E-state index is -0.403. The largest absolute Gasteiger partial charge is 0.493 e. The molecule has 7 heteroatoms. The second kappa shape index (κ2) is 10.4. The van der Waals surface area contributed by atoms with Gasteiger partial charge in [-0.25, -0.2) is 0 Å². The predicted octanol–water partition coefficient (Wildman–Crippen LogP) is 4.67. The summed E-state index contributed by atoms with van der Waals surface area (Å²) in [5.41, 5.74) is 1.68. The first kappa shape index (κ1) is 22.1. The molecule has 2 aromatic carbocycles. The third-order valence-corrected chi connectivity index (χ3v) is 5.09. The van der Waals surface area contributed by atoms with E-state index in [0.29, 0.717) is 23.2 Å². The summed E-state index contributed by atoms with van der Waals surface area (Å²) >= 11 is 0. The molecule has 0 saturated heterocycles. The molecular formula is C24H27N3O4. The molecule has 0 aliphatic rings. The van der Waals surface area contributed by atoms with E-state index in [9.17, 15) is 4.79 Å². The molecule has 1 heterocycles. The summed E-state index contributed by atoms with van der Waals surface area (Å²) in [5.74, 6) is 1.85. The molecule has 3 rings (SSSR count). The zero-order valence-corrected chi connectivity index (χ0v) is 18.2. The van der Waals surface area contributed by atoms with Crippen LogP contribution in [0.5, 0.6) is 11.5 Å². The number of carbonyl (C=O) groups excluding carboxylic acids is 1. The lowest BCUT2D eigenvalue weighted by molar-refractivity contribution is -0.117. The molecule has 0 spiro atoms. The van der Waals surface area contributed by atoms with Crippen molar-refractivity contribution < 1.29 is 18.8 Å². The highest BCUT2D eigenvalue weighted by molar-refractivity contribution is 5.91. The van der Waals surface area contributed by atoms with E-state index in [2.05, 4.69) is 22.4 Å². The molecular weight excluding hydrogens is 394 g/mol. The van der Waals surface area contributed by atoms with Gasteiger partial charge in [0.1, 0.15) is 6.04 Å². The third-order valence-electron chi connectivity index (χ3n) is 5.09. The summed E-state index contributed by atoms with van der Waals surface area (Å²) in [6.45, 7) is 4.08. The second-order valence-electron chi connectivity index (χ2n) is 7.14. The van der Waals surface area contributed by atoms with E-state index >= 15 is 0 Å². The zero-order valence-electron chi connectivity index (χ0n) is 18.2. The van der Waals surface area contributed by atoms with E-state index in [1.807, 2.05) is 43.3 Å². The summed E-state index contributed by atoms with van der Waals surface area (Å²) in [7, 11) is 3.15. The van der Waals surface area contributed by atoms with Crippen LogP contribution in [0, 0.1) is 5.92 Å². The molecule has 1 amide bonds. The van der Waals surface area contributed by atoms with Gasteiger partial charge in [-0.1, -0.05) is 55.8 Å². The van der Waals surface area contributed by atoms with Crippen molar-refractivity contribution in [2.75, 3.05) is 14.2 Å². The highest BCUT2D eigenvalue weighted by Crippen LogP contribution is 2.32. The van der Waals surface area contributed by atoms with Crippen LogP contribution in [-0.2, 0) is 4.79 Å². The Morgan fingerprint density at radius 3 is 2.55 bits per heavy atom. The van der Waals surface area contributed by atoms with Crippen molar-refractivity contribution in [2.24, 2.45) is 5.92 Å². The number of rotatable bonds is 9. The maximum absolute atomic E-state index is 12.5. The number of carbonyl (C=O) groups is 1. The molecule has 0 saturated carbocycles. The van der Waals surface area contributed by atoms with Gasteiger partial charge < -0.3 is 19.3 Å². The van der Waals surface area contributed by atoms with Crippen molar-refractivity contribution in [2.45, 2.75) is 26.3 Å². The van der Waals surface area contributed by atoms with Gasteiger partial charge in [-0.3, -0.25) is 4.79 Å². The number of hydrogen-bond acceptors (Lipinski definition) is 6. The minimum Gasteiger partial charge on any atom is -0.493 e. The van der Waals surface area contributed by atoms with Crippen LogP contribution < -0.4 is 14.8 Å². The monoisotopic (exact) mass is 421 g/mol. The number of methoxy groups -OCH3 is 2. The van der Waals surface area contributed by atoms with Gasteiger partial charge in [0.2, 0.25) is 17.6 Å². The van der Waals surface area contributed by atoms with Crippen LogP contribution >= 0.6 is 0 Å². The highest BCUT2D eigenvalue weighted by atomic mass is 16.5. The highest BCUT2D eigenvalue weighted by Gasteiger charge is 2.26. The van der Waals surface area contributed by atoms with Crippen molar-refractivity contribution in [1.29, 1.82) is 0 Å². The van der Waals surface area contributed by atoms with Gasteiger partial charge >= 0.3 is 0 Å². The fourth-order valence-electron chi connectivity index (χ4n) is 3.07. The fraction of sp³-hybridized carbons (Fsp3) is 0.292. The Labute approximate surface area is 182 Å². The molecule has 0 radical (unpaired) electrons. The van der Waals surface area contributed by atoms with E-state index in [-0.39, 0.29) is 11.8 Å². The molecule has 0 bridgehead atoms. The molecule has 3 aromatic rings. The summed E-state index contributed by atoms with van der Waals surface area (Å²) < 4.78 is 16.1. The zero-order chi connectivity index (χ0) is 22.2. The number of amides is 1. The summed E-state index contributed by atoms with van der Waals surface area (Å²) in [6, 6.07) is 14.6. The van der Waals surface area contributed by atoms with E-state index in [1.165, 1.54) is 6.08 Å². The number of nitrogens with one attached hydrogen (secondary N) is 1. The number of hydrogen-bond donors (Lipinski definition) is 1. The maximum atomic E-state index is 12.5. The third kappa shape index (κ3) is 5.51. The first-order valence-electron chi connectivity index (χ1n) is 10.1. The second-order valence-corrected chi connectivity index (χ2v) is 7.14.